The van der Waals surface area contributed by atoms with Gasteiger partial charge in [0, 0.05) is 22.8 Å². The van der Waals surface area contributed by atoms with E-state index in [0.717, 1.165) is 12.1 Å². The second-order valence-electron chi connectivity index (χ2n) is 6.91. The van der Waals surface area contributed by atoms with Crippen LogP contribution in [0.3, 0.4) is 0 Å². The maximum Gasteiger partial charge on any atom is 0.184 e. The molecule has 0 atom stereocenters. The Morgan fingerprint density at radius 3 is 2.52 bits per heavy atom. The topological polar surface area (TPSA) is 69.6 Å². The lowest BCUT2D eigenvalue weighted by Gasteiger charge is -2.08. The molecular weight excluding hydrogens is 286 g/mol. The van der Waals surface area contributed by atoms with E-state index >= 15 is 0 Å². The fraction of sp³-hybridized carbons (Fsp3) is 0.533. The van der Waals surface area contributed by atoms with Gasteiger partial charge in [-0.15, -0.1) is 5.10 Å². The molecule has 2 N–H and O–H groups in total. The third kappa shape index (κ3) is 2.11. The van der Waals surface area contributed by atoms with Crippen molar-refractivity contribution in [2.45, 2.75) is 34.2 Å². The number of hydrogen-bond acceptors (Lipinski definition) is 4. The number of rotatable bonds is 3. The third-order valence-corrected chi connectivity index (χ3v) is 5.70. The van der Waals surface area contributed by atoms with Gasteiger partial charge in [-0.05, 0) is 45.4 Å². The summed E-state index contributed by atoms with van der Waals surface area (Å²) in [4.78, 5) is 0. The van der Waals surface area contributed by atoms with E-state index in [0.29, 0.717) is 22.5 Å². The van der Waals surface area contributed by atoms with Crippen molar-refractivity contribution in [1.82, 2.24) is 20.2 Å². The molecule has 1 aliphatic rings. The first-order chi connectivity index (χ1) is 9.75. The Labute approximate surface area is 129 Å². The van der Waals surface area contributed by atoms with Crippen LogP contribution in [0.25, 0.3) is 11.4 Å². The van der Waals surface area contributed by atoms with Gasteiger partial charge in [0.25, 0.3) is 0 Å². The summed E-state index contributed by atoms with van der Waals surface area (Å²) in [7, 11) is 0. The molecule has 0 saturated heterocycles. The van der Waals surface area contributed by atoms with Gasteiger partial charge in [-0.2, -0.15) is 0 Å². The smallest absolute Gasteiger partial charge is 0.184 e. The molecule has 1 saturated carbocycles. The summed E-state index contributed by atoms with van der Waals surface area (Å²) < 4.78 is 1.84. The van der Waals surface area contributed by atoms with Crippen molar-refractivity contribution in [1.29, 1.82) is 0 Å². The van der Waals surface area contributed by atoms with Gasteiger partial charge in [0.15, 0.2) is 5.82 Å². The van der Waals surface area contributed by atoms with Gasteiger partial charge in [-0.25, -0.2) is 4.68 Å². The van der Waals surface area contributed by atoms with Crippen molar-refractivity contribution >= 4 is 17.3 Å². The molecule has 0 spiro atoms. The number of nitrogens with two attached hydrogens (primary N) is 1. The zero-order valence-electron chi connectivity index (χ0n) is 12.8. The van der Waals surface area contributed by atoms with Gasteiger partial charge in [-0.1, -0.05) is 39.3 Å². The fourth-order valence-electron chi connectivity index (χ4n) is 3.21. The minimum absolute atomic E-state index is 0.288. The van der Waals surface area contributed by atoms with Crippen LogP contribution >= 0.6 is 11.6 Å². The van der Waals surface area contributed by atoms with Gasteiger partial charge in [-0.3, -0.25) is 0 Å². The molecule has 0 bridgehead atoms. The highest BCUT2D eigenvalue weighted by Crippen LogP contribution is 2.68. The first-order valence-electron chi connectivity index (χ1n) is 7.06. The molecule has 0 amide bonds. The zero-order chi connectivity index (χ0) is 15.4. The quantitative estimate of drug-likeness (QED) is 0.884. The average Bonchev–Trinajstić information content (AvgIpc) is 2.76. The number of nitrogen functional groups attached to an aromatic ring is 1. The van der Waals surface area contributed by atoms with Crippen LogP contribution in [0, 0.1) is 16.7 Å². The molecule has 1 aromatic heterocycles. The van der Waals surface area contributed by atoms with E-state index in [1.54, 1.807) is 12.1 Å². The molecule has 3 rings (SSSR count). The van der Waals surface area contributed by atoms with E-state index in [9.17, 15) is 0 Å². The second-order valence-corrected chi connectivity index (χ2v) is 7.35. The van der Waals surface area contributed by atoms with Crippen LogP contribution in [0.4, 0.5) is 5.69 Å². The van der Waals surface area contributed by atoms with Crippen molar-refractivity contribution < 1.29 is 0 Å². The predicted molar refractivity (Wildman–Crippen MR) is 83.7 cm³/mol. The lowest BCUT2D eigenvalue weighted by atomic mass is 10.0. The maximum atomic E-state index is 6.06. The lowest BCUT2D eigenvalue weighted by molar-refractivity contribution is 0.457. The van der Waals surface area contributed by atoms with Crippen LogP contribution < -0.4 is 5.73 Å². The first kappa shape index (κ1) is 14.3. The first-order valence-corrected chi connectivity index (χ1v) is 7.44. The van der Waals surface area contributed by atoms with E-state index in [2.05, 4.69) is 43.2 Å². The summed E-state index contributed by atoms with van der Waals surface area (Å²) in [5.74, 6) is 1.21. The number of tetrazole rings is 1. The van der Waals surface area contributed by atoms with Gasteiger partial charge in [0.1, 0.15) is 0 Å². The summed E-state index contributed by atoms with van der Waals surface area (Å²) in [6, 6.07) is 5.35. The minimum atomic E-state index is 0.288. The molecule has 0 radical (unpaired) electrons. The van der Waals surface area contributed by atoms with Gasteiger partial charge < -0.3 is 5.73 Å². The largest absolute Gasteiger partial charge is 0.398 e. The van der Waals surface area contributed by atoms with Crippen molar-refractivity contribution in [2.24, 2.45) is 16.7 Å². The number of benzene rings is 1. The second kappa shape index (κ2) is 4.44. The maximum absolute atomic E-state index is 6.06. The molecule has 21 heavy (non-hydrogen) atoms. The number of halogens is 1. The molecule has 5 nitrogen and oxygen atoms in total. The van der Waals surface area contributed by atoms with Gasteiger partial charge in [0.2, 0.25) is 0 Å². The van der Waals surface area contributed by atoms with E-state index in [1.165, 1.54) is 0 Å². The number of hydrogen-bond donors (Lipinski definition) is 1. The molecular formula is C15H20ClN5. The summed E-state index contributed by atoms with van der Waals surface area (Å²) in [5.41, 5.74) is 8.02. The highest BCUT2D eigenvalue weighted by molar-refractivity contribution is 6.31. The molecule has 112 valence electrons. The summed E-state index contributed by atoms with van der Waals surface area (Å²) >= 11 is 6.06. The molecule has 1 heterocycles. The molecule has 1 fully saturated rings. The van der Waals surface area contributed by atoms with Crippen molar-refractivity contribution in [3.63, 3.8) is 0 Å². The molecule has 0 unspecified atom stereocenters. The fourth-order valence-corrected chi connectivity index (χ4v) is 3.38. The van der Waals surface area contributed by atoms with E-state index in [-0.39, 0.29) is 10.8 Å². The zero-order valence-corrected chi connectivity index (χ0v) is 13.5. The van der Waals surface area contributed by atoms with E-state index in [1.807, 2.05) is 10.7 Å². The predicted octanol–water partition coefficient (Wildman–Crippen LogP) is 3.26. The Morgan fingerprint density at radius 2 is 1.90 bits per heavy atom. The Morgan fingerprint density at radius 1 is 1.24 bits per heavy atom. The van der Waals surface area contributed by atoms with Crippen LogP contribution in [0.1, 0.15) is 27.7 Å². The van der Waals surface area contributed by atoms with Crippen molar-refractivity contribution in [3.05, 3.63) is 23.2 Å². The number of nitrogens with zero attached hydrogens (tertiary/aromatic N) is 4. The third-order valence-electron chi connectivity index (χ3n) is 5.46. The molecule has 1 aliphatic carbocycles. The summed E-state index contributed by atoms with van der Waals surface area (Å²) in [6.07, 6.45) is 0. The monoisotopic (exact) mass is 305 g/mol. The molecule has 6 heteroatoms. The Balaban J connectivity index is 1.94. The van der Waals surface area contributed by atoms with Crippen molar-refractivity contribution in [3.8, 4) is 11.4 Å². The molecule has 0 aliphatic heterocycles. The molecule has 1 aromatic carbocycles. The normalized spacial score (nSPS) is 19.7. The van der Waals surface area contributed by atoms with Crippen molar-refractivity contribution in [2.75, 3.05) is 5.73 Å². The van der Waals surface area contributed by atoms with Crippen LogP contribution in [0.15, 0.2) is 18.2 Å². The Kier molecular flexibility index (Phi) is 3.03. The van der Waals surface area contributed by atoms with Gasteiger partial charge in [0.05, 0.1) is 0 Å². The van der Waals surface area contributed by atoms with Crippen LogP contribution in [0.2, 0.25) is 5.02 Å². The highest BCUT2D eigenvalue weighted by Gasteiger charge is 2.64. The highest BCUT2D eigenvalue weighted by atomic mass is 35.5. The Hall–Kier alpha value is -1.62. The van der Waals surface area contributed by atoms with Crippen LogP contribution in [-0.2, 0) is 6.54 Å². The SMILES string of the molecule is CC1(C)C(Cn2nnnc2-c2cc(Cl)ccc2N)C1(C)C. The van der Waals surface area contributed by atoms with E-state index in [4.69, 9.17) is 17.3 Å². The van der Waals surface area contributed by atoms with Crippen LogP contribution in [-0.4, -0.2) is 20.2 Å². The van der Waals surface area contributed by atoms with Gasteiger partial charge >= 0.3 is 0 Å². The Bertz CT molecular complexity index is 675. The average molecular weight is 306 g/mol. The standard InChI is InChI=1S/C15H20ClN5/c1-14(2)12(15(14,3)4)8-21-13(18-19-20-21)10-7-9(16)5-6-11(10)17/h5-7,12H,8,17H2,1-4H3. The number of anilines is 1. The minimum Gasteiger partial charge on any atom is -0.398 e. The van der Waals surface area contributed by atoms with E-state index < -0.39 is 0 Å². The summed E-state index contributed by atoms with van der Waals surface area (Å²) in [5, 5.41) is 12.7. The lowest BCUT2D eigenvalue weighted by Crippen LogP contribution is -2.09. The number of aromatic nitrogens is 4. The van der Waals surface area contributed by atoms with Crippen LogP contribution in [0.5, 0.6) is 0 Å². The molecule has 2 aromatic rings. The summed E-state index contributed by atoms with van der Waals surface area (Å²) in [6.45, 7) is 9.93.